The van der Waals surface area contributed by atoms with Crippen molar-refractivity contribution in [2.24, 2.45) is 11.8 Å². The van der Waals surface area contributed by atoms with Gasteiger partial charge in [-0.25, -0.2) is 10.8 Å². The molecule has 1 fully saturated rings. The smallest absolute Gasteiger partial charge is 0.161 e. The van der Waals surface area contributed by atoms with E-state index < -0.39 is 0 Å². The number of hydrazine groups is 1. The van der Waals surface area contributed by atoms with E-state index >= 15 is 0 Å². The Hall–Kier alpha value is -0.710. The Morgan fingerprint density at radius 1 is 1.44 bits per heavy atom. The molecule has 0 saturated heterocycles. The number of anilines is 2. The van der Waals surface area contributed by atoms with E-state index in [1.807, 2.05) is 0 Å². The number of hydrogen-bond acceptors (Lipinski definition) is 4. The van der Waals surface area contributed by atoms with Crippen LogP contribution in [0.2, 0.25) is 10.0 Å². The lowest BCUT2D eigenvalue weighted by atomic mass is 9.85. The first kappa shape index (κ1) is 13.7. The number of aromatic nitrogens is 1. The second-order valence-electron chi connectivity index (χ2n) is 4.60. The molecule has 1 aromatic heterocycles. The first-order chi connectivity index (χ1) is 8.65. The molecule has 0 bridgehead atoms. The fourth-order valence-electron chi connectivity index (χ4n) is 2.13. The fourth-order valence-corrected chi connectivity index (χ4v) is 2.66. The van der Waals surface area contributed by atoms with Crippen LogP contribution in [0.25, 0.3) is 0 Å². The molecule has 0 atom stereocenters. The Balaban J connectivity index is 2.22. The molecular weight excluding hydrogens is 271 g/mol. The van der Waals surface area contributed by atoms with Gasteiger partial charge in [-0.2, -0.15) is 0 Å². The zero-order valence-corrected chi connectivity index (χ0v) is 11.9. The summed E-state index contributed by atoms with van der Waals surface area (Å²) in [4.78, 5) is 6.58. The molecule has 1 aliphatic rings. The van der Waals surface area contributed by atoms with Gasteiger partial charge in [0.1, 0.15) is 5.82 Å². The maximum absolute atomic E-state index is 6.22. The molecule has 0 spiro atoms. The van der Waals surface area contributed by atoms with E-state index in [-0.39, 0.29) is 0 Å². The average molecular weight is 289 g/mol. The van der Waals surface area contributed by atoms with Crippen LogP contribution < -0.4 is 16.2 Å². The second kappa shape index (κ2) is 5.95. The van der Waals surface area contributed by atoms with Gasteiger partial charge in [-0.3, -0.25) is 0 Å². The largest absolute Gasteiger partial charge is 0.355 e. The van der Waals surface area contributed by atoms with Crippen LogP contribution >= 0.6 is 23.2 Å². The summed E-state index contributed by atoms with van der Waals surface area (Å²) in [6.45, 7) is 3.96. The molecule has 0 unspecified atom stereocenters. The summed E-state index contributed by atoms with van der Waals surface area (Å²) in [7, 11) is 0. The number of rotatable bonds is 5. The summed E-state index contributed by atoms with van der Waals surface area (Å²) < 4.78 is 0. The number of nitrogens with zero attached hydrogens (tertiary/aromatic N) is 2. The Labute approximate surface area is 117 Å². The molecule has 1 saturated carbocycles. The van der Waals surface area contributed by atoms with Crippen LogP contribution in [0.4, 0.5) is 11.6 Å². The zero-order chi connectivity index (χ0) is 13.1. The molecule has 1 aromatic rings. The number of nitrogens with two attached hydrogens (primary N) is 1. The van der Waals surface area contributed by atoms with E-state index in [0.29, 0.717) is 15.9 Å². The van der Waals surface area contributed by atoms with Crippen LogP contribution in [0.5, 0.6) is 0 Å². The molecule has 1 aliphatic carbocycles. The minimum atomic E-state index is 0.436. The van der Waals surface area contributed by atoms with Gasteiger partial charge < -0.3 is 10.3 Å². The number of nitrogens with one attached hydrogen (secondary N) is 1. The molecule has 2 rings (SSSR count). The highest BCUT2D eigenvalue weighted by Gasteiger charge is 2.22. The Kier molecular flexibility index (Phi) is 4.54. The molecule has 0 aromatic carbocycles. The van der Waals surface area contributed by atoms with Gasteiger partial charge in [-0.05, 0) is 31.7 Å². The van der Waals surface area contributed by atoms with Crippen molar-refractivity contribution in [3.63, 3.8) is 0 Å². The molecular formula is C12H18Cl2N4. The van der Waals surface area contributed by atoms with E-state index in [1.165, 1.54) is 19.3 Å². The van der Waals surface area contributed by atoms with Crippen molar-refractivity contribution in [2.45, 2.75) is 26.2 Å². The Bertz CT molecular complexity index is 421. The highest BCUT2D eigenvalue weighted by molar-refractivity contribution is 6.37. The van der Waals surface area contributed by atoms with Gasteiger partial charge in [-0.1, -0.05) is 29.6 Å². The third-order valence-corrected chi connectivity index (χ3v) is 4.00. The Morgan fingerprint density at radius 3 is 2.67 bits per heavy atom. The minimum absolute atomic E-state index is 0.436. The molecule has 6 heteroatoms. The van der Waals surface area contributed by atoms with Crippen molar-refractivity contribution >= 4 is 34.8 Å². The van der Waals surface area contributed by atoms with E-state index in [2.05, 4.69) is 22.2 Å². The van der Waals surface area contributed by atoms with Gasteiger partial charge in [0.15, 0.2) is 5.82 Å². The van der Waals surface area contributed by atoms with E-state index in [1.54, 1.807) is 6.07 Å². The van der Waals surface area contributed by atoms with Gasteiger partial charge >= 0.3 is 0 Å². The standard InChI is InChI=1S/C12H18Cl2N4/c1-2-18(7-8-4-3-5-8)12-10(14)6-9(13)11(16-12)17-15/h6,8H,2-5,7,15H2,1H3,(H,16,17). The minimum Gasteiger partial charge on any atom is -0.355 e. The van der Waals surface area contributed by atoms with E-state index in [9.17, 15) is 0 Å². The first-order valence-electron chi connectivity index (χ1n) is 6.23. The number of nitrogen functional groups attached to an aromatic ring is 1. The summed E-state index contributed by atoms with van der Waals surface area (Å²) in [5.41, 5.74) is 2.49. The van der Waals surface area contributed by atoms with Crippen molar-refractivity contribution in [3.05, 3.63) is 16.1 Å². The van der Waals surface area contributed by atoms with Gasteiger partial charge in [0.05, 0.1) is 10.0 Å². The predicted molar refractivity (Wildman–Crippen MR) is 77.3 cm³/mol. The van der Waals surface area contributed by atoms with Crippen LogP contribution in [0, 0.1) is 5.92 Å². The molecule has 4 nitrogen and oxygen atoms in total. The summed E-state index contributed by atoms with van der Waals surface area (Å²) in [6, 6.07) is 1.68. The monoisotopic (exact) mass is 288 g/mol. The van der Waals surface area contributed by atoms with Crippen molar-refractivity contribution in [1.82, 2.24) is 4.98 Å². The summed E-state index contributed by atoms with van der Waals surface area (Å²) >= 11 is 12.2. The van der Waals surface area contributed by atoms with E-state index in [4.69, 9.17) is 29.0 Å². The van der Waals surface area contributed by atoms with Crippen molar-refractivity contribution in [2.75, 3.05) is 23.4 Å². The summed E-state index contributed by atoms with van der Waals surface area (Å²) in [5.74, 6) is 7.36. The van der Waals surface area contributed by atoms with Crippen LogP contribution in [0.1, 0.15) is 26.2 Å². The maximum Gasteiger partial charge on any atom is 0.161 e. The summed E-state index contributed by atoms with van der Waals surface area (Å²) in [5, 5.41) is 1.01. The topological polar surface area (TPSA) is 54.2 Å². The number of pyridine rings is 1. The molecule has 3 N–H and O–H groups in total. The van der Waals surface area contributed by atoms with E-state index in [0.717, 1.165) is 24.8 Å². The second-order valence-corrected chi connectivity index (χ2v) is 5.42. The third-order valence-electron chi connectivity index (χ3n) is 3.43. The highest BCUT2D eigenvalue weighted by atomic mass is 35.5. The lowest BCUT2D eigenvalue weighted by Crippen LogP contribution is -2.33. The molecule has 1 heterocycles. The SMILES string of the molecule is CCN(CC1CCC1)c1nc(NN)c(Cl)cc1Cl. The molecule has 100 valence electrons. The van der Waals surface area contributed by atoms with Gasteiger partial charge in [0, 0.05) is 13.1 Å². The quantitative estimate of drug-likeness (QED) is 0.645. The molecule has 0 aliphatic heterocycles. The first-order valence-corrected chi connectivity index (χ1v) is 6.99. The van der Waals surface area contributed by atoms with Crippen molar-refractivity contribution < 1.29 is 0 Å². The van der Waals surface area contributed by atoms with Gasteiger partial charge in [-0.15, -0.1) is 0 Å². The third kappa shape index (κ3) is 2.82. The van der Waals surface area contributed by atoms with Gasteiger partial charge in [0.2, 0.25) is 0 Å². The van der Waals surface area contributed by atoms with Crippen LogP contribution in [-0.4, -0.2) is 18.1 Å². The highest BCUT2D eigenvalue weighted by Crippen LogP contribution is 2.34. The van der Waals surface area contributed by atoms with Crippen LogP contribution in [-0.2, 0) is 0 Å². The zero-order valence-electron chi connectivity index (χ0n) is 10.4. The molecule has 0 amide bonds. The Morgan fingerprint density at radius 2 is 2.17 bits per heavy atom. The fraction of sp³-hybridized carbons (Fsp3) is 0.583. The number of hydrogen-bond donors (Lipinski definition) is 2. The van der Waals surface area contributed by atoms with Crippen LogP contribution in [0.3, 0.4) is 0 Å². The predicted octanol–water partition coefficient (Wildman–Crippen LogP) is 3.30. The summed E-state index contributed by atoms with van der Waals surface area (Å²) in [6.07, 6.45) is 3.92. The van der Waals surface area contributed by atoms with Crippen molar-refractivity contribution in [1.29, 1.82) is 0 Å². The lowest BCUT2D eigenvalue weighted by Gasteiger charge is -2.33. The average Bonchev–Trinajstić information content (AvgIpc) is 2.29. The van der Waals surface area contributed by atoms with Crippen molar-refractivity contribution in [3.8, 4) is 0 Å². The lowest BCUT2D eigenvalue weighted by molar-refractivity contribution is 0.318. The maximum atomic E-state index is 6.22. The normalized spacial score (nSPS) is 15.3. The molecule has 18 heavy (non-hydrogen) atoms. The molecule has 0 radical (unpaired) electrons. The van der Waals surface area contributed by atoms with Crippen LogP contribution in [0.15, 0.2) is 6.07 Å². The number of halogens is 2. The van der Waals surface area contributed by atoms with Gasteiger partial charge in [0.25, 0.3) is 0 Å².